The third kappa shape index (κ3) is 4.34. The maximum atomic E-state index is 13.2. The lowest BCUT2D eigenvalue weighted by atomic mass is 10.1. The maximum absolute atomic E-state index is 13.2. The number of rotatable bonds is 5. The molecule has 0 aliphatic rings. The van der Waals surface area contributed by atoms with Crippen LogP contribution in [-0.4, -0.2) is 25.6 Å². The van der Waals surface area contributed by atoms with E-state index in [1.54, 1.807) is 42.5 Å². The first-order chi connectivity index (χ1) is 14.3. The van der Waals surface area contributed by atoms with E-state index in [-0.39, 0.29) is 5.91 Å². The van der Waals surface area contributed by atoms with Gasteiger partial charge >= 0.3 is 0 Å². The van der Waals surface area contributed by atoms with E-state index in [0.717, 1.165) is 33.3 Å². The van der Waals surface area contributed by atoms with E-state index < -0.39 is 10.0 Å². The second-order valence-corrected chi connectivity index (χ2v) is 9.60. The molecule has 8 heteroatoms. The fourth-order valence-corrected chi connectivity index (χ4v) is 4.43. The van der Waals surface area contributed by atoms with E-state index in [1.807, 2.05) is 41.8 Å². The Morgan fingerprint density at radius 3 is 2.57 bits per heavy atom. The second-order valence-electron chi connectivity index (χ2n) is 6.91. The summed E-state index contributed by atoms with van der Waals surface area (Å²) in [6, 6.07) is 18.3. The number of anilines is 2. The van der Waals surface area contributed by atoms with Crippen LogP contribution < -0.4 is 10.0 Å². The SMILES string of the molecule is Cc1ccc(NC(=O)c2cc(-c3cccs3)nc3ccccc23)cc1NS(C)(=O)=O. The van der Waals surface area contributed by atoms with Gasteiger partial charge in [0.2, 0.25) is 10.0 Å². The van der Waals surface area contributed by atoms with Crippen LogP contribution in [0.1, 0.15) is 15.9 Å². The Morgan fingerprint density at radius 2 is 1.83 bits per heavy atom. The third-order valence-corrected chi connectivity index (χ3v) is 6.01. The summed E-state index contributed by atoms with van der Waals surface area (Å²) in [5, 5.41) is 5.59. The molecule has 0 spiro atoms. The zero-order valence-electron chi connectivity index (χ0n) is 16.3. The van der Waals surface area contributed by atoms with Crippen LogP contribution in [0.15, 0.2) is 66.0 Å². The number of carbonyl (C=O) groups excluding carboxylic acids is 1. The lowest BCUT2D eigenvalue weighted by Gasteiger charge is -2.13. The molecule has 0 unspecified atom stereocenters. The van der Waals surface area contributed by atoms with E-state index in [1.165, 1.54) is 0 Å². The van der Waals surface area contributed by atoms with Crippen LogP contribution in [0, 0.1) is 6.92 Å². The molecule has 0 bridgehead atoms. The van der Waals surface area contributed by atoms with Crippen molar-refractivity contribution in [3.63, 3.8) is 0 Å². The number of thiophene rings is 1. The minimum Gasteiger partial charge on any atom is -0.322 e. The molecule has 0 atom stereocenters. The van der Waals surface area contributed by atoms with E-state index in [0.29, 0.717) is 16.9 Å². The first-order valence-electron chi connectivity index (χ1n) is 9.13. The summed E-state index contributed by atoms with van der Waals surface area (Å²) < 4.78 is 25.7. The highest BCUT2D eigenvalue weighted by atomic mass is 32.2. The highest BCUT2D eigenvalue weighted by Crippen LogP contribution is 2.29. The number of aromatic nitrogens is 1. The van der Waals surface area contributed by atoms with Crippen molar-refractivity contribution in [1.29, 1.82) is 0 Å². The average Bonchev–Trinajstić information content (AvgIpc) is 3.23. The molecule has 2 N–H and O–H groups in total. The molecule has 0 saturated heterocycles. The van der Waals surface area contributed by atoms with E-state index in [9.17, 15) is 13.2 Å². The van der Waals surface area contributed by atoms with Gasteiger partial charge in [0.1, 0.15) is 0 Å². The van der Waals surface area contributed by atoms with Crippen LogP contribution in [0.5, 0.6) is 0 Å². The van der Waals surface area contributed by atoms with Gasteiger partial charge in [-0.05, 0) is 48.2 Å². The van der Waals surface area contributed by atoms with Crippen molar-refractivity contribution in [1.82, 2.24) is 4.98 Å². The first kappa shape index (κ1) is 20.1. The summed E-state index contributed by atoms with van der Waals surface area (Å²) in [5.74, 6) is -0.291. The number of nitrogens with one attached hydrogen (secondary N) is 2. The van der Waals surface area contributed by atoms with E-state index in [2.05, 4.69) is 15.0 Å². The first-order valence-corrected chi connectivity index (χ1v) is 11.9. The van der Waals surface area contributed by atoms with Gasteiger partial charge in [0.15, 0.2) is 0 Å². The Balaban J connectivity index is 1.73. The topological polar surface area (TPSA) is 88.2 Å². The van der Waals surface area contributed by atoms with Crippen LogP contribution in [0.2, 0.25) is 0 Å². The van der Waals surface area contributed by atoms with Crippen LogP contribution in [-0.2, 0) is 10.0 Å². The highest BCUT2D eigenvalue weighted by molar-refractivity contribution is 7.92. The number of pyridine rings is 1. The molecule has 2 heterocycles. The largest absolute Gasteiger partial charge is 0.322 e. The lowest BCUT2D eigenvalue weighted by Crippen LogP contribution is -2.14. The van der Waals surface area contributed by atoms with Gasteiger partial charge < -0.3 is 5.32 Å². The van der Waals surface area contributed by atoms with Gasteiger partial charge in [0, 0.05) is 11.1 Å². The molecule has 1 amide bonds. The van der Waals surface area contributed by atoms with Crippen LogP contribution in [0.3, 0.4) is 0 Å². The number of benzene rings is 2. The highest BCUT2D eigenvalue weighted by Gasteiger charge is 2.15. The second kappa shape index (κ2) is 7.89. The van der Waals surface area contributed by atoms with Crippen molar-refractivity contribution < 1.29 is 13.2 Å². The number of hydrogen-bond acceptors (Lipinski definition) is 5. The summed E-state index contributed by atoms with van der Waals surface area (Å²) in [6.07, 6.45) is 1.09. The quantitative estimate of drug-likeness (QED) is 0.465. The van der Waals surface area contributed by atoms with Crippen molar-refractivity contribution in [3.05, 3.63) is 77.2 Å². The number of sulfonamides is 1. The van der Waals surface area contributed by atoms with E-state index in [4.69, 9.17) is 0 Å². The van der Waals surface area contributed by atoms with Crippen LogP contribution in [0.25, 0.3) is 21.5 Å². The number of hydrogen-bond donors (Lipinski definition) is 2. The summed E-state index contributed by atoms with van der Waals surface area (Å²) in [6.45, 7) is 1.79. The van der Waals surface area contributed by atoms with Crippen molar-refractivity contribution in [3.8, 4) is 10.6 Å². The number of nitrogens with zero attached hydrogens (tertiary/aromatic N) is 1. The number of amides is 1. The molecule has 0 fully saturated rings. The van der Waals surface area contributed by atoms with Gasteiger partial charge in [0.25, 0.3) is 5.91 Å². The van der Waals surface area contributed by atoms with Gasteiger partial charge in [-0.2, -0.15) is 0 Å². The Kier molecular flexibility index (Phi) is 5.27. The molecule has 0 aliphatic heterocycles. The molecule has 0 radical (unpaired) electrons. The molecule has 152 valence electrons. The van der Waals surface area contributed by atoms with Crippen molar-refractivity contribution in [2.45, 2.75) is 6.92 Å². The van der Waals surface area contributed by atoms with Crippen molar-refractivity contribution >= 4 is 49.5 Å². The molecular formula is C22H19N3O3S2. The van der Waals surface area contributed by atoms with Gasteiger partial charge in [-0.1, -0.05) is 30.3 Å². The Hall–Kier alpha value is -3.23. The third-order valence-electron chi connectivity index (χ3n) is 4.53. The van der Waals surface area contributed by atoms with Crippen molar-refractivity contribution in [2.24, 2.45) is 0 Å². The Bertz CT molecular complexity index is 1350. The molecule has 4 aromatic rings. The maximum Gasteiger partial charge on any atom is 0.256 e. The fraction of sp³-hybridized carbons (Fsp3) is 0.0909. The number of aryl methyl sites for hydroxylation is 1. The predicted molar refractivity (Wildman–Crippen MR) is 123 cm³/mol. The molecule has 0 saturated carbocycles. The standard InChI is InChI=1S/C22H19N3O3S2/c1-14-9-10-15(12-19(14)25-30(2,27)28)23-22(26)17-13-20(21-8-5-11-29-21)24-18-7-4-3-6-16(17)18/h3-13,25H,1-2H3,(H,23,26). The zero-order chi connectivity index (χ0) is 21.3. The van der Waals surface area contributed by atoms with Gasteiger partial charge in [-0.25, -0.2) is 13.4 Å². The minimum atomic E-state index is -3.43. The lowest BCUT2D eigenvalue weighted by molar-refractivity contribution is 0.102. The summed E-state index contributed by atoms with van der Waals surface area (Å²) >= 11 is 1.56. The number of para-hydroxylation sites is 1. The molecule has 0 aliphatic carbocycles. The smallest absolute Gasteiger partial charge is 0.256 e. The average molecular weight is 438 g/mol. The Labute approximate surface area is 178 Å². The molecule has 4 rings (SSSR count). The van der Waals surface area contributed by atoms with Crippen LogP contribution >= 0.6 is 11.3 Å². The van der Waals surface area contributed by atoms with E-state index >= 15 is 0 Å². The number of carbonyl (C=O) groups is 1. The molecule has 6 nitrogen and oxygen atoms in total. The Morgan fingerprint density at radius 1 is 1.03 bits per heavy atom. The molecule has 2 aromatic carbocycles. The normalized spacial score (nSPS) is 11.4. The number of fused-ring (bicyclic) bond motifs is 1. The monoisotopic (exact) mass is 437 g/mol. The summed E-state index contributed by atoms with van der Waals surface area (Å²) in [5.41, 5.74) is 3.65. The fourth-order valence-electron chi connectivity index (χ4n) is 3.12. The minimum absolute atomic E-state index is 0.291. The van der Waals surface area contributed by atoms with Gasteiger partial charge in [-0.15, -0.1) is 11.3 Å². The summed E-state index contributed by atoms with van der Waals surface area (Å²) in [4.78, 5) is 18.8. The van der Waals surface area contributed by atoms with Gasteiger partial charge in [0.05, 0.1) is 33.6 Å². The predicted octanol–water partition coefficient (Wildman–Crippen LogP) is 4.90. The van der Waals surface area contributed by atoms with Gasteiger partial charge in [-0.3, -0.25) is 9.52 Å². The molecule has 30 heavy (non-hydrogen) atoms. The van der Waals surface area contributed by atoms with Crippen molar-refractivity contribution in [2.75, 3.05) is 16.3 Å². The van der Waals surface area contributed by atoms with Crippen LogP contribution in [0.4, 0.5) is 11.4 Å². The zero-order valence-corrected chi connectivity index (χ0v) is 18.0. The summed E-state index contributed by atoms with van der Waals surface area (Å²) in [7, 11) is -3.43. The molecule has 2 aromatic heterocycles. The molecular weight excluding hydrogens is 418 g/mol.